The van der Waals surface area contributed by atoms with Gasteiger partial charge in [-0.3, -0.25) is 10.7 Å². The molecule has 0 aromatic rings. The molecule has 0 saturated carbocycles. The Morgan fingerprint density at radius 3 is 2.94 bits per heavy atom. The van der Waals surface area contributed by atoms with Crippen LogP contribution < -0.4 is 5.32 Å². The van der Waals surface area contributed by atoms with Crippen LogP contribution >= 0.6 is 0 Å². The van der Waals surface area contributed by atoms with E-state index in [1.54, 1.807) is 0 Å². The van der Waals surface area contributed by atoms with Crippen LogP contribution in [0.2, 0.25) is 0 Å². The zero-order valence-corrected chi connectivity index (χ0v) is 11.2. The van der Waals surface area contributed by atoms with Crippen molar-refractivity contribution >= 4 is 11.9 Å². The van der Waals surface area contributed by atoms with Crippen molar-refractivity contribution in [1.29, 1.82) is 5.41 Å². The number of piperidine rings is 1. The van der Waals surface area contributed by atoms with Crippen LogP contribution in [0.3, 0.4) is 0 Å². The number of carbonyl (C=O) groups is 1. The zero-order valence-electron chi connectivity index (χ0n) is 11.2. The van der Waals surface area contributed by atoms with Gasteiger partial charge in [-0.05, 0) is 46.1 Å². The first-order valence-corrected chi connectivity index (χ1v) is 6.98. The average Bonchev–Trinajstić information content (AvgIpc) is 2.83. The maximum Gasteiger partial charge on any atom is 0.323 e. The predicted molar refractivity (Wildman–Crippen MR) is 69.8 cm³/mol. The first-order valence-electron chi connectivity index (χ1n) is 6.98. The van der Waals surface area contributed by atoms with E-state index < -0.39 is 0 Å². The number of hydrogen-bond donors (Lipinski definition) is 2. The van der Waals surface area contributed by atoms with E-state index >= 15 is 0 Å². The highest BCUT2D eigenvalue weighted by atomic mass is 16.2. The molecule has 3 saturated heterocycles. The minimum absolute atomic E-state index is 0.0820. The second-order valence-electron chi connectivity index (χ2n) is 6.09. The molecule has 2 atom stereocenters. The molecule has 0 radical (unpaired) electrons. The fraction of sp³-hybridized carbons (Fsp3) is 0.846. The van der Waals surface area contributed by atoms with Crippen molar-refractivity contribution < 1.29 is 4.79 Å². The Labute approximate surface area is 108 Å². The molecule has 3 rings (SSSR count). The Morgan fingerprint density at radius 2 is 2.22 bits per heavy atom. The van der Waals surface area contributed by atoms with Crippen molar-refractivity contribution in [2.45, 2.75) is 57.2 Å². The number of urea groups is 1. The third kappa shape index (κ3) is 1.49. The molecule has 100 valence electrons. The number of amides is 2. The van der Waals surface area contributed by atoms with Gasteiger partial charge in [-0.2, -0.15) is 0 Å². The molecule has 3 heterocycles. The van der Waals surface area contributed by atoms with Gasteiger partial charge >= 0.3 is 6.03 Å². The molecule has 0 aromatic carbocycles. The van der Waals surface area contributed by atoms with Gasteiger partial charge in [0, 0.05) is 18.6 Å². The minimum Gasteiger partial charge on any atom is -0.309 e. The maximum absolute atomic E-state index is 12.1. The Morgan fingerprint density at radius 1 is 1.44 bits per heavy atom. The monoisotopic (exact) mass is 250 g/mol. The average molecular weight is 250 g/mol. The number of fused-ring (bicyclic) bond motifs is 1. The van der Waals surface area contributed by atoms with Gasteiger partial charge in [0.25, 0.3) is 0 Å². The summed E-state index contributed by atoms with van der Waals surface area (Å²) in [5.74, 6) is 0.424. The summed E-state index contributed by atoms with van der Waals surface area (Å²) in [5.41, 5.74) is -0.350. The maximum atomic E-state index is 12.1. The fourth-order valence-electron chi connectivity index (χ4n) is 4.01. The van der Waals surface area contributed by atoms with Crippen LogP contribution in [0.5, 0.6) is 0 Å². The van der Waals surface area contributed by atoms with Gasteiger partial charge in [-0.1, -0.05) is 0 Å². The van der Waals surface area contributed by atoms with Crippen LogP contribution in [0.1, 0.15) is 39.5 Å². The van der Waals surface area contributed by atoms with E-state index in [1.807, 2.05) is 18.7 Å². The molecule has 3 aliphatic heterocycles. The van der Waals surface area contributed by atoms with E-state index in [9.17, 15) is 4.79 Å². The van der Waals surface area contributed by atoms with Crippen LogP contribution in [0.4, 0.5) is 4.79 Å². The summed E-state index contributed by atoms with van der Waals surface area (Å²) in [6.45, 7) is 6.30. The summed E-state index contributed by atoms with van der Waals surface area (Å²) in [5, 5.41) is 10.9. The lowest BCUT2D eigenvalue weighted by Crippen LogP contribution is -2.59. The molecule has 0 bridgehead atoms. The molecule has 3 aliphatic rings. The molecule has 2 unspecified atom stereocenters. The summed E-state index contributed by atoms with van der Waals surface area (Å²) in [6.07, 6.45) is 4.31. The standard InChI is InChI=1S/C13H22N4O/c1-9(2)17-12(18)15-11(14)13(17)5-7-16-6-3-4-10(16)8-13/h9-10H,3-8H2,1-2H3,(H2,14,15,18). The van der Waals surface area contributed by atoms with Crippen molar-refractivity contribution in [2.24, 2.45) is 0 Å². The summed E-state index contributed by atoms with van der Waals surface area (Å²) >= 11 is 0. The predicted octanol–water partition coefficient (Wildman–Crippen LogP) is 1.39. The molecule has 0 aliphatic carbocycles. The normalized spacial score (nSPS) is 36.6. The molecule has 18 heavy (non-hydrogen) atoms. The highest BCUT2D eigenvalue weighted by Crippen LogP contribution is 2.40. The van der Waals surface area contributed by atoms with Gasteiger partial charge in [-0.15, -0.1) is 0 Å². The van der Waals surface area contributed by atoms with Crippen LogP contribution in [-0.2, 0) is 0 Å². The van der Waals surface area contributed by atoms with E-state index in [2.05, 4.69) is 10.2 Å². The third-order valence-corrected chi connectivity index (χ3v) is 4.78. The highest BCUT2D eigenvalue weighted by Gasteiger charge is 2.55. The van der Waals surface area contributed by atoms with Gasteiger partial charge in [-0.25, -0.2) is 4.79 Å². The number of rotatable bonds is 1. The molecule has 2 N–H and O–H groups in total. The zero-order chi connectivity index (χ0) is 12.9. The summed E-state index contributed by atoms with van der Waals surface area (Å²) < 4.78 is 0. The summed E-state index contributed by atoms with van der Waals surface area (Å²) in [6, 6.07) is 0.635. The summed E-state index contributed by atoms with van der Waals surface area (Å²) in [4.78, 5) is 16.5. The van der Waals surface area contributed by atoms with Gasteiger partial charge in [0.1, 0.15) is 11.4 Å². The summed E-state index contributed by atoms with van der Waals surface area (Å²) in [7, 11) is 0. The first kappa shape index (κ1) is 12.0. The van der Waals surface area contributed by atoms with E-state index in [1.165, 1.54) is 19.4 Å². The Hall–Kier alpha value is -1.10. The Balaban J connectivity index is 1.92. The topological polar surface area (TPSA) is 59.4 Å². The molecule has 5 heteroatoms. The second-order valence-corrected chi connectivity index (χ2v) is 6.09. The molecular weight excluding hydrogens is 228 g/mol. The molecule has 0 aromatic heterocycles. The van der Waals surface area contributed by atoms with E-state index in [0.29, 0.717) is 11.9 Å². The number of nitrogens with zero attached hydrogens (tertiary/aromatic N) is 2. The van der Waals surface area contributed by atoms with Gasteiger partial charge in [0.2, 0.25) is 0 Å². The number of amidine groups is 1. The molecule has 1 spiro atoms. The Kier molecular flexibility index (Phi) is 2.62. The van der Waals surface area contributed by atoms with Crippen LogP contribution in [0.25, 0.3) is 0 Å². The smallest absolute Gasteiger partial charge is 0.309 e. The van der Waals surface area contributed by atoms with Crippen molar-refractivity contribution in [3.05, 3.63) is 0 Å². The quantitative estimate of drug-likeness (QED) is 0.739. The van der Waals surface area contributed by atoms with Crippen LogP contribution in [0.15, 0.2) is 0 Å². The number of carbonyl (C=O) groups excluding carboxylic acids is 1. The lowest BCUT2D eigenvalue weighted by atomic mass is 9.81. The van der Waals surface area contributed by atoms with Crippen molar-refractivity contribution in [3.63, 3.8) is 0 Å². The van der Waals surface area contributed by atoms with Gasteiger partial charge < -0.3 is 9.80 Å². The largest absolute Gasteiger partial charge is 0.323 e. The molecule has 5 nitrogen and oxygen atoms in total. The third-order valence-electron chi connectivity index (χ3n) is 4.78. The molecular formula is C13H22N4O. The first-order chi connectivity index (χ1) is 8.54. The second kappa shape index (κ2) is 3.95. The number of nitrogens with one attached hydrogen (secondary N) is 2. The highest BCUT2D eigenvalue weighted by molar-refractivity contribution is 6.08. The fourth-order valence-corrected chi connectivity index (χ4v) is 4.01. The van der Waals surface area contributed by atoms with Crippen LogP contribution in [0, 0.1) is 5.41 Å². The van der Waals surface area contributed by atoms with Crippen molar-refractivity contribution in [2.75, 3.05) is 13.1 Å². The van der Waals surface area contributed by atoms with Crippen molar-refractivity contribution in [3.8, 4) is 0 Å². The van der Waals surface area contributed by atoms with Gasteiger partial charge in [0.15, 0.2) is 0 Å². The van der Waals surface area contributed by atoms with Crippen LogP contribution in [-0.4, -0.2) is 52.4 Å². The lowest BCUT2D eigenvalue weighted by Gasteiger charge is -2.46. The van der Waals surface area contributed by atoms with Crippen molar-refractivity contribution in [1.82, 2.24) is 15.1 Å². The lowest BCUT2D eigenvalue weighted by molar-refractivity contribution is 0.0676. The van der Waals surface area contributed by atoms with E-state index in [4.69, 9.17) is 5.41 Å². The number of hydrogen-bond acceptors (Lipinski definition) is 3. The Bertz CT molecular complexity index is 394. The molecule has 2 amide bonds. The van der Waals surface area contributed by atoms with E-state index in [-0.39, 0.29) is 17.6 Å². The van der Waals surface area contributed by atoms with E-state index in [0.717, 1.165) is 19.4 Å². The van der Waals surface area contributed by atoms with Gasteiger partial charge in [0.05, 0.1) is 0 Å². The SMILES string of the molecule is CC(C)N1C(=O)NC(=N)C12CCN1CCCC1C2. The molecule has 3 fully saturated rings. The minimum atomic E-state index is -0.350.